The zero-order valence-electron chi connectivity index (χ0n) is 13.8. The Labute approximate surface area is 142 Å². The van der Waals surface area contributed by atoms with Crippen LogP contribution in [0.2, 0.25) is 0 Å². The number of rotatable bonds is 5. The normalized spacial score (nSPS) is 20.1. The summed E-state index contributed by atoms with van der Waals surface area (Å²) < 4.78 is 37.7. The third-order valence-electron chi connectivity index (χ3n) is 4.81. The molecule has 132 valence electrons. The van der Waals surface area contributed by atoms with Crippen LogP contribution >= 0.6 is 0 Å². The minimum atomic E-state index is -3.18. The van der Waals surface area contributed by atoms with Crippen LogP contribution in [-0.4, -0.2) is 48.9 Å². The predicted molar refractivity (Wildman–Crippen MR) is 89.1 cm³/mol. The second kappa shape index (κ2) is 6.80. The standard InChI is InChI=1S/C17H23FN2O3S/c1-24(22,23)19-10-8-14(9-11-19)17(21)20(16-6-7-16)12-13-2-4-15(18)5-3-13/h2-5,14,16H,6-12H2,1H3. The smallest absolute Gasteiger partial charge is 0.226 e. The number of halogens is 1. The first kappa shape index (κ1) is 17.4. The highest BCUT2D eigenvalue weighted by atomic mass is 32.2. The van der Waals surface area contributed by atoms with Crippen LogP contribution in [-0.2, 0) is 21.4 Å². The highest BCUT2D eigenvalue weighted by molar-refractivity contribution is 7.88. The van der Waals surface area contributed by atoms with E-state index in [1.807, 2.05) is 4.90 Å². The molecule has 7 heteroatoms. The second-order valence-corrected chi connectivity index (χ2v) is 8.74. The van der Waals surface area contributed by atoms with E-state index in [0.717, 1.165) is 18.4 Å². The fraction of sp³-hybridized carbons (Fsp3) is 0.588. The van der Waals surface area contributed by atoms with Gasteiger partial charge in [-0.3, -0.25) is 4.79 Å². The number of piperidine rings is 1. The van der Waals surface area contributed by atoms with Gasteiger partial charge >= 0.3 is 0 Å². The Morgan fingerprint density at radius 1 is 1.17 bits per heavy atom. The third kappa shape index (κ3) is 4.13. The van der Waals surface area contributed by atoms with Gasteiger partial charge in [-0.1, -0.05) is 12.1 Å². The van der Waals surface area contributed by atoms with E-state index in [1.54, 1.807) is 12.1 Å². The molecule has 1 saturated heterocycles. The van der Waals surface area contributed by atoms with Crippen LogP contribution in [0.4, 0.5) is 4.39 Å². The molecule has 3 rings (SSSR count). The number of benzene rings is 1. The monoisotopic (exact) mass is 354 g/mol. The third-order valence-corrected chi connectivity index (χ3v) is 6.11. The summed E-state index contributed by atoms with van der Waals surface area (Å²) in [5, 5.41) is 0. The Balaban J connectivity index is 1.64. The molecule has 0 bridgehead atoms. The van der Waals surface area contributed by atoms with Crippen molar-refractivity contribution in [1.82, 2.24) is 9.21 Å². The molecule has 1 saturated carbocycles. The van der Waals surface area contributed by atoms with Gasteiger partial charge in [0.15, 0.2) is 0 Å². The predicted octanol–water partition coefficient (Wildman–Crippen LogP) is 1.99. The summed E-state index contributed by atoms with van der Waals surface area (Å²) in [6.45, 7) is 1.31. The Morgan fingerprint density at radius 3 is 2.25 bits per heavy atom. The number of sulfonamides is 1. The van der Waals surface area contributed by atoms with Crippen molar-refractivity contribution in [1.29, 1.82) is 0 Å². The molecule has 0 aromatic heterocycles. The van der Waals surface area contributed by atoms with Crippen LogP contribution in [0.1, 0.15) is 31.2 Å². The van der Waals surface area contributed by atoms with Gasteiger partial charge in [0.2, 0.25) is 15.9 Å². The molecule has 1 aliphatic carbocycles. The first-order valence-corrected chi connectivity index (χ1v) is 10.2. The van der Waals surface area contributed by atoms with E-state index in [9.17, 15) is 17.6 Å². The van der Waals surface area contributed by atoms with Crippen molar-refractivity contribution in [2.45, 2.75) is 38.3 Å². The first-order valence-electron chi connectivity index (χ1n) is 8.34. The summed E-state index contributed by atoms with van der Waals surface area (Å²) in [6, 6.07) is 6.52. The zero-order chi connectivity index (χ0) is 17.3. The van der Waals surface area contributed by atoms with Crippen molar-refractivity contribution >= 4 is 15.9 Å². The van der Waals surface area contributed by atoms with Crippen molar-refractivity contribution in [3.63, 3.8) is 0 Å². The Hall–Kier alpha value is -1.47. The van der Waals surface area contributed by atoms with Gasteiger partial charge in [-0.2, -0.15) is 0 Å². The minimum Gasteiger partial charge on any atom is -0.335 e. The molecule has 1 amide bonds. The molecule has 5 nitrogen and oxygen atoms in total. The van der Waals surface area contributed by atoms with Gasteiger partial charge in [0.05, 0.1) is 6.26 Å². The molecular formula is C17H23FN2O3S. The van der Waals surface area contributed by atoms with Gasteiger partial charge in [0, 0.05) is 31.6 Å². The lowest BCUT2D eigenvalue weighted by atomic mass is 9.96. The van der Waals surface area contributed by atoms with Crippen LogP contribution < -0.4 is 0 Å². The van der Waals surface area contributed by atoms with Gasteiger partial charge < -0.3 is 4.90 Å². The van der Waals surface area contributed by atoms with Crippen LogP contribution in [0, 0.1) is 11.7 Å². The molecule has 0 unspecified atom stereocenters. The maximum absolute atomic E-state index is 13.0. The molecule has 0 atom stereocenters. The molecule has 1 heterocycles. The maximum atomic E-state index is 13.0. The van der Waals surface area contributed by atoms with Crippen LogP contribution in [0.5, 0.6) is 0 Å². The number of nitrogens with zero attached hydrogens (tertiary/aromatic N) is 2. The topological polar surface area (TPSA) is 57.7 Å². The number of amides is 1. The average molecular weight is 354 g/mol. The lowest BCUT2D eigenvalue weighted by molar-refractivity contribution is -0.138. The molecule has 1 aromatic carbocycles. The summed E-state index contributed by atoms with van der Waals surface area (Å²) in [7, 11) is -3.18. The van der Waals surface area contributed by atoms with Crippen LogP contribution in [0.3, 0.4) is 0 Å². The van der Waals surface area contributed by atoms with E-state index in [2.05, 4.69) is 0 Å². The highest BCUT2D eigenvalue weighted by Crippen LogP contribution is 2.32. The van der Waals surface area contributed by atoms with Crippen molar-refractivity contribution < 1.29 is 17.6 Å². The van der Waals surface area contributed by atoms with E-state index < -0.39 is 10.0 Å². The molecule has 24 heavy (non-hydrogen) atoms. The molecule has 1 aromatic rings. The number of hydrogen-bond donors (Lipinski definition) is 0. The fourth-order valence-electron chi connectivity index (χ4n) is 3.23. The molecular weight excluding hydrogens is 331 g/mol. The summed E-state index contributed by atoms with van der Waals surface area (Å²) in [5.41, 5.74) is 0.922. The van der Waals surface area contributed by atoms with Crippen molar-refractivity contribution in [2.24, 2.45) is 5.92 Å². The summed E-state index contributed by atoms with van der Waals surface area (Å²) in [5.74, 6) is -0.296. The number of hydrogen-bond acceptors (Lipinski definition) is 3. The Bertz CT molecular complexity index is 693. The zero-order valence-corrected chi connectivity index (χ0v) is 14.6. The maximum Gasteiger partial charge on any atom is 0.226 e. The molecule has 0 radical (unpaired) electrons. The summed E-state index contributed by atoms with van der Waals surface area (Å²) in [6.07, 6.45) is 4.36. The largest absolute Gasteiger partial charge is 0.335 e. The van der Waals surface area contributed by atoms with Crippen LogP contribution in [0.15, 0.2) is 24.3 Å². The minimum absolute atomic E-state index is 0.106. The van der Waals surface area contributed by atoms with Crippen molar-refractivity contribution in [3.8, 4) is 0 Å². The van der Waals surface area contributed by atoms with Crippen molar-refractivity contribution in [2.75, 3.05) is 19.3 Å². The van der Waals surface area contributed by atoms with E-state index >= 15 is 0 Å². The van der Waals surface area contributed by atoms with Gasteiger partial charge in [-0.05, 0) is 43.4 Å². The lowest BCUT2D eigenvalue weighted by Gasteiger charge is -2.33. The van der Waals surface area contributed by atoms with E-state index in [4.69, 9.17) is 0 Å². The molecule has 2 fully saturated rings. The SMILES string of the molecule is CS(=O)(=O)N1CCC(C(=O)N(Cc2ccc(F)cc2)C2CC2)CC1. The average Bonchev–Trinajstić information content (AvgIpc) is 3.38. The number of carbonyl (C=O) groups excluding carboxylic acids is 1. The highest BCUT2D eigenvalue weighted by Gasteiger charge is 2.37. The van der Waals surface area contributed by atoms with Gasteiger partial charge in [0.25, 0.3) is 0 Å². The van der Waals surface area contributed by atoms with Gasteiger partial charge in [-0.25, -0.2) is 17.1 Å². The van der Waals surface area contributed by atoms with Gasteiger partial charge in [-0.15, -0.1) is 0 Å². The summed E-state index contributed by atoms with van der Waals surface area (Å²) in [4.78, 5) is 14.8. The Kier molecular flexibility index (Phi) is 4.92. The Morgan fingerprint density at radius 2 is 1.75 bits per heavy atom. The first-order chi connectivity index (χ1) is 11.3. The molecule has 1 aliphatic heterocycles. The van der Waals surface area contributed by atoms with Crippen molar-refractivity contribution in [3.05, 3.63) is 35.6 Å². The second-order valence-electron chi connectivity index (χ2n) is 6.76. The molecule has 0 spiro atoms. The molecule has 0 N–H and O–H groups in total. The van der Waals surface area contributed by atoms with E-state index in [1.165, 1.54) is 22.7 Å². The fourth-order valence-corrected chi connectivity index (χ4v) is 4.10. The lowest BCUT2D eigenvalue weighted by Crippen LogP contribution is -2.44. The van der Waals surface area contributed by atoms with E-state index in [-0.39, 0.29) is 23.7 Å². The quantitative estimate of drug-likeness (QED) is 0.812. The van der Waals surface area contributed by atoms with E-state index in [0.29, 0.717) is 32.5 Å². The summed E-state index contributed by atoms with van der Waals surface area (Å²) >= 11 is 0. The van der Waals surface area contributed by atoms with Crippen LogP contribution in [0.25, 0.3) is 0 Å². The molecule has 2 aliphatic rings. The van der Waals surface area contributed by atoms with Gasteiger partial charge in [0.1, 0.15) is 5.82 Å². The number of carbonyl (C=O) groups is 1.